The van der Waals surface area contributed by atoms with Crippen molar-refractivity contribution in [3.05, 3.63) is 52.9 Å². The number of urea groups is 1. The van der Waals surface area contributed by atoms with Crippen LogP contribution in [-0.4, -0.2) is 40.4 Å². The highest BCUT2D eigenvalue weighted by Gasteiger charge is 2.19. The molecule has 31 heavy (non-hydrogen) atoms. The number of primary amides is 1. The van der Waals surface area contributed by atoms with E-state index in [0.717, 1.165) is 15.8 Å². The highest BCUT2D eigenvalue weighted by Crippen LogP contribution is 2.24. The maximum atomic E-state index is 12.6. The van der Waals surface area contributed by atoms with Gasteiger partial charge in [-0.25, -0.2) is 4.79 Å². The van der Waals surface area contributed by atoms with Gasteiger partial charge < -0.3 is 25.8 Å². The third-order valence-corrected chi connectivity index (χ3v) is 6.06. The lowest BCUT2D eigenvalue weighted by Gasteiger charge is -2.19. The molecule has 0 saturated heterocycles. The Hall–Kier alpha value is -3.33. The lowest BCUT2D eigenvalue weighted by Crippen LogP contribution is -2.34. The predicted molar refractivity (Wildman–Crippen MR) is 123 cm³/mol. The van der Waals surface area contributed by atoms with Crippen LogP contribution in [-0.2, 0) is 16.1 Å². The van der Waals surface area contributed by atoms with Crippen LogP contribution in [0.1, 0.15) is 31.2 Å². The third-order valence-electron chi connectivity index (χ3n) is 5.07. The first-order valence-corrected chi connectivity index (χ1v) is 11.0. The SMILES string of the molecule is CCN(CC)C(=O)Cn1ccc2cc(NC(=O)CC(NC(N)=O)c3cccs3)ccc21. The van der Waals surface area contributed by atoms with Gasteiger partial charge in [-0.05, 0) is 49.6 Å². The summed E-state index contributed by atoms with van der Waals surface area (Å²) in [7, 11) is 0. The molecule has 0 radical (unpaired) electrons. The molecule has 0 aliphatic carbocycles. The van der Waals surface area contributed by atoms with E-state index in [2.05, 4.69) is 10.6 Å². The smallest absolute Gasteiger partial charge is 0.312 e. The molecule has 2 heterocycles. The van der Waals surface area contributed by atoms with Gasteiger partial charge in [-0.2, -0.15) is 0 Å². The molecule has 1 atom stereocenters. The molecule has 1 aromatic carbocycles. The second kappa shape index (κ2) is 10.1. The Balaban J connectivity index is 1.68. The largest absolute Gasteiger partial charge is 0.352 e. The monoisotopic (exact) mass is 441 g/mol. The maximum absolute atomic E-state index is 12.6. The van der Waals surface area contributed by atoms with Gasteiger partial charge in [-0.3, -0.25) is 9.59 Å². The zero-order chi connectivity index (χ0) is 22.4. The Morgan fingerprint density at radius 3 is 2.58 bits per heavy atom. The average Bonchev–Trinajstić information content (AvgIpc) is 3.38. The van der Waals surface area contributed by atoms with Crippen molar-refractivity contribution in [3.63, 3.8) is 0 Å². The van der Waals surface area contributed by atoms with Crippen molar-refractivity contribution >= 4 is 45.8 Å². The quantitative estimate of drug-likeness (QED) is 0.474. The topological polar surface area (TPSA) is 109 Å². The lowest BCUT2D eigenvalue weighted by molar-refractivity contribution is -0.131. The molecule has 9 heteroatoms. The van der Waals surface area contributed by atoms with Crippen molar-refractivity contribution in [2.45, 2.75) is 32.9 Å². The van der Waals surface area contributed by atoms with E-state index in [1.807, 2.05) is 60.3 Å². The van der Waals surface area contributed by atoms with E-state index >= 15 is 0 Å². The van der Waals surface area contributed by atoms with Crippen LogP contribution in [0.5, 0.6) is 0 Å². The third kappa shape index (κ3) is 5.64. The molecule has 3 rings (SSSR count). The van der Waals surface area contributed by atoms with Gasteiger partial charge in [-0.15, -0.1) is 11.3 Å². The number of carbonyl (C=O) groups is 3. The number of fused-ring (bicyclic) bond motifs is 1. The summed E-state index contributed by atoms with van der Waals surface area (Å²) in [4.78, 5) is 39.0. The fraction of sp³-hybridized carbons (Fsp3) is 0.318. The highest BCUT2D eigenvalue weighted by atomic mass is 32.1. The van der Waals surface area contributed by atoms with Crippen LogP contribution in [0, 0.1) is 0 Å². The second-order valence-electron chi connectivity index (χ2n) is 7.11. The molecule has 2 aromatic heterocycles. The number of nitrogens with two attached hydrogens (primary N) is 1. The summed E-state index contributed by atoms with van der Waals surface area (Å²) in [6, 6.07) is 10.0. The van der Waals surface area contributed by atoms with E-state index in [-0.39, 0.29) is 24.8 Å². The molecule has 1 unspecified atom stereocenters. The Labute approximate surface area is 185 Å². The Kier molecular flexibility index (Phi) is 7.30. The number of rotatable bonds is 9. The second-order valence-corrected chi connectivity index (χ2v) is 8.09. The summed E-state index contributed by atoms with van der Waals surface area (Å²) >= 11 is 1.45. The minimum absolute atomic E-state index is 0.0703. The molecular formula is C22H27N5O3S. The van der Waals surface area contributed by atoms with Gasteiger partial charge in [0.25, 0.3) is 0 Å². The summed E-state index contributed by atoms with van der Waals surface area (Å²) in [5, 5.41) is 8.30. The van der Waals surface area contributed by atoms with Crippen molar-refractivity contribution < 1.29 is 14.4 Å². The number of anilines is 1. The number of carbonyl (C=O) groups excluding carboxylic acids is 3. The van der Waals surface area contributed by atoms with Crippen molar-refractivity contribution in [3.8, 4) is 0 Å². The zero-order valence-corrected chi connectivity index (χ0v) is 18.4. The summed E-state index contributed by atoms with van der Waals surface area (Å²) in [5.74, 6) is -0.163. The van der Waals surface area contributed by atoms with E-state index in [4.69, 9.17) is 5.73 Å². The first-order chi connectivity index (χ1) is 14.9. The van der Waals surface area contributed by atoms with Crippen LogP contribution >= 0.6 is 11.3 Å². The molecule has 0 saturated carbocycles. The zero-order valence-electron chi connectivity index (χ0n) is 17.6. The van der Waals surface area contributed by atoms with Crippen molar-refractivity contribution in [2.24, 2.45) is 5.73 Å². The van der Waals surface area contributed by atoms with E-state index in [1.165, 1.54) is 11.3 Å². The van der Waals surface area contributed by atoms with Gasteiger partial charge in [-0.1, -0.05) is 6.07 Å². The van der Waals surface area contributed by atoms with Gasteiger partial charge in [0.1, 0.15) is 6.54 Å². The number of benzene rings is 1. The highest BCUT2D eigenvalue weighted by molar-refractivity contribution is 7.10. The average molecular weight is 442 g/mol. The van der Waals surface area contributed by atoms with Crippen molar-refractivity contribution in [2.75, 3.05) is 18.4 Å². The molecule has 0 aliphatic rings. The summed E-state index contributed by atoms with van der Waals surface area (Å²) in [6.07, 6.45) is 1.95. The summed E-state index contributed by atoms with van der Waals surface area (Å²) < 4.78 is 1.91. The van der Waals surface area contributed by atoms with Gasteiger partial charge in [0.2, 0.25) is 11.8 Å². The number of amides is 4. The number of nitrogens with one attached hydrogen (secondary N) is 2. The number of nitrogens with zero attached hydrogens (tertiary/aromatic N) is 2. The van der Waals surface area contributed by atoms with E-state index in [9.17, 15) is 14.4 Å². The normalized spacial score (nSPS) is 11.8. The minimum Gasteiger partial charge on any atom is -0.352 e. The van der Waals surface area contributed by atoms with E-state index in [1.54, 1.807) is 11.0 Å². The molecule has 4 N–H and O–H groups in total. The number of hydrogen-bond acceptors (Lipinski definition) is 4. The number of likely N-dealkylation sites (N-methyl/N-ethyl adjacent to an activating group) is 1. The molecule has 8 nitrogen and oxygen atoms in total. The fourth-order valence-electron chi connectivity index (χ4n) is 3.52. The number of hydrogen-bond donors (Lipinski definition) is 3. The van der Waals surface area contributed by atoms with Gasteiger partial charge in [0.05, 0.1) is 12.5 Å². The molecule has 0 spiro atoms. The number of aromatic nitrogens is 1. The standard InChI is InChI=1S/C22H27N5O3S/c1-3-26(4-2)21(29)14-27-10-9-15-12-16(7-8-18(15)27)24-20(28)13-17(25-22(23)30)19-6-5-11-31-19/h5-12,17H,3-4,13-14H2,1-2H3,(H,24,28)(H3,23,25,30). The maximum Gasteiger partial charge on any atom is 0.312 e. The fourth-order valence-corrected chi connectivity index (χ4v) is 4.30. The lowest BCUT2D eigenvalue weighted by atomic mass is 10.1. The molecule has 0 aliphatic heterocycles. The molecule has 3 aromatic rings. The van der Waals surface area contributed by atoms with Gasteiger partial charge in [0.15, 0.2) is 0 Å². The number of thiophene rings is 1. The van der Waals surface area contributed by atoms with Crippen LogP contribution in [0.3, 0.4) is 0 Å². The summed E-state index contributed by atoms with van der Waals surface area (Å²) in [6.45, 7) is 5.57. The van der Waals surface area contributed by atoms with Gasteiger partial charge in [0, 0.05) is 40.8 Å². The first-order valence-electron chi connectivity index (χ1n) is 10.2. The van der Waals surface area contributed by atoms with E-state index < -0.39 is 12.1 Å². The molecule has 0 bridgehead atoms. The van der Waals surface area contributed by atoms with Gasteiger partial charge >= 0.3 is 6.03 Å². The molecular weight excluding hydrogens is 414 g/mol. The van der Waals surface area contributed by atoms with Crippen LogP contribution < -0.4 is 16.4 Å². The summed E-state index contributed by atoms with van der Waals surface area (Å²) in [5.41, 5.74) is 6.83. The van der Waals surface area contributed by atoms with E-state index in [0.29, 0.717) is 18.8 Å². The van der Waals surface area contributed by atoms with Crippen molar-refractivity contribution in [1.29, 1.82) is 0 Å². The van der Waals surface area contributed by atoms with Crippen LogP contribution in [0.2, 0.25) is 0 Å². The molecule has 164 valence electrons. The Morgan fingerprint density at radius 2 is 1.94 bits per heavy atom. The van der Waals surface area contributed by atoms with Crippen LogP contribution in [0.4, 0.5) is 10.5 Å². The van der Waals surface area contributed by atoms with Crippen LogP contribution in [0.25, 0.3) is 10.9 Å². The Bertz CT molecular complexity index is 1060. The molecule has 4 amide bonds. The predicted octanol–water partition coefficient (Wildman–Crippen LogP) is 3.31. The first kappa shape index (κ1) is 22.4. The van der Waals surface area contributed by atoms with Crippen LogP contribution in [0.15, 0.2) is 48.0 Å². The minimum atomic E-state index is -0.673. The van der Waals surface area contributed by atoms with Crippen molar-refractivity contribution in [1.82, 2.24) is 14.8 Å². The Morgan fingerprint density at radius 1 is 1.16 bits per heavy atom. The molecule has 0 fully saturated rings.